The molecule has 0 atom stereocenters. The summed E-state index contributed by atoms with van der Waals surface area (Å²) in [6.07, 6.45) is 0.744. The summed E-state index contributed by atoms with van der Waals surface area (Å²) in [5, 5.41) is 0. The van der Waals surface area contributed by atoms with E-state index >= 15 is 0 Å². The van der Waals surface area contributed by atoms with E-state index in [1.807, 2.05) is 13.8 Å². The van der Waals surface area contributed by atoms with Gasteiger partial charge in [-0.3, -0.25) is 0 Å². The zero-order valence-electron chi connectivity index (χ0n) is 11.2. The van der Waals surface area contributed by atoms with Crippen molar-refractivity contribution in [3.63, 3.8) is 0 Å². The molecule has 0 bridgehead atoms. The SMILES string of the molecule is CC(C)OCCOc1cc(F)ccc1C#CCCCl. The molecule has 0 aliphatic heterocycles. The largest absolute Gasteiger partial charge is 0.490 e. The summed E-state index contributed by atoms with van der Waals surface area (Å²) >= 11 is 5.55. The standard InChI is InChI=1S/C15H18ClFO2/c1-12(2)18-9-10-19-15-11-14(17)7-6-13(15)5-3-4-8-16/h6-7,11-12H,4,8-10H2,1-2H3. The van der Waals surface area contributed by atoms with Crippen LogP contribution < -0.4 is 4.74 Å². The molecule has 1 aromatic carbocycles. The molecule has 2 nitrogen and oxygen atoms in total. The predicted molar refractivity (Wildman–Crippen MR) is 75.2 cm³/mol. The van der Waals surface area contributed by atoms with Crippen molar-refractivity contribution in [2.24, 2.45) is 0 Å². The topological polar surface area (TPSA) is 18.5 Å². The first-order chi connectivity index (χ1) is 9.13. The molecule has 0 aliphatic carbocycles. The van der Waals surface area contributed by atoms with Crippen LogP contribution in [0.3, 0.4) is 0 Å². The molecule has 0 spiro atoms. The van der Waals surface area contributed by atoms with E-state index in [-0.39, 0.29) is 11.9 Å². The van der Waals surface area contributed by atoms with E-state index in [1.54, 1.807) is 6.07 Å². The van der Waals surface area contributed by atoms with Crippen LogP contribution in [-0.2, 0) is 4.74 Å². The van der Waals surface area contributed by atoms with Gasteiger partial charge in [0.15, 0.2) is 0 Å². The first-order valence-electron chi connectivity index (χ1n) is 6.22. The van der Waals surface area contributed by atoms with Gasteiger partial charge < -0.3 is 9.47 Å². The number of rotatable bonds is 6. The lowest BCUT2D eigenvalue weighted by Gasteiger charge is -2.10. The molecular weight excluding hydrogens is 267 g/mol. The van der Waals surface area contributed by atoms with Crippen molar-refractivity contribution in [3.05, 3.63) is 29.6 Å². The van der Waals surface area contributed by atoms with Gasteiger partial charge in [-0.05, 0) is 26.0 Å². The van der Waals surface area contributed by atoms with Crippen LogP contribution in [-0.4, -0.2) is 25.2 Å². The molecule has 0 aliphatic rings. The summed E-state index contributed by atoms with van der Waals surface area (Å²) in [6, 6.07) is 4.30. The Balaban J connectivity index is 2.64. The molecule has 0 saturated heterocycles. The lowest BCUT2D eigenvalue weighted by atomic mass is 10.2. The smallest absolute Gasteiger partial charge is 0.137 e. The molecule has 0 aromatic heterocycles. The molecule has 0 amide bonds. The summed E-state index contributed by atoms with van der Waals surface area (Å²) in [6.45, 7) is 4.73. The van der Waals surface area contributed by atoms with Crippen molar-refractivity contribution in [3.8, 4) is 17.6 Å². The van der Waals surface area contributed by atoms with Gasteiger partial charge in [-0.2, -0.15) is 0 Å². The van der Waals surface area contributed by atoms with Gasteiger partial charge in [-0.1, -0.05) is 11.8 Å². The molecular formula is C15H18ClFO2. The van der Waals surface area contributed by atoms with E-state index in [0.717, 1.165) is 0 Å². The minimum Gasteiger partial charge on any atom is -0.490 e. The number of hydrogen-bond donors (Lipinski definition) is 0. The van der Waals surface area contributed by atoms with Gasteiger partial charge in [0.05, 0.1) is 18.3 Å². The number of hydrogen-bond acceptors (Lipinski definition) is 2. The van der Waals surface area contributed by atoms with E-state index in [0.29, 0.717) is 36.8 Å². The highest BCUT2D eigenvalue weighted by Crippen LogP contribution is 2.19. The highest BCUT2D eigenvalue weighted by molar-refractivity contribution is 6.18. The minimum absolute atomic E-state index is 0.152. The normalized spacial score (nSPS) is 10.2. The molecule has 0 fully saturated rings. The van der Waals surface area contributed by atoms with Crippen LogP contribution >= 0.6 is 11.6 Å². The Bertz CT molecular complexity index is 449. The van der Waals surface area contributed by atoms with E-state index in [1.165, 1.54) is 12.1 Å². The van der Waals surface area contributed by atoms with Gasteiger partial charge in [0.1, 0.15) is 18.2 Å². The fraction of sp³-hybridized carbons (Fsp3) is 0.467. The van der Waals surface area contributed by atoms with E-state index in [9.17, 15) is 4.39 Å². The lowest BCUT2D eigenvalue weighted by molar-refractivity contribution is 0.0551. The molecule has 0 radical (unpaired) electrons. The number of benzene rings is 1. The van der Waals surface area contributed by atoms with E-state index in [2.05, 4.69) is 11.8 Å². The third kappa shape index (κ3) is 6.47. The van der Waals surface area contributed by atoms with Crippen molar-refractivity contribution >= 4 is 11.6 Å². The van der Waals surface area contributed by atoms with Gasteiger partial charge in [-0.25, -0.2) is 4.39 Å². The van der Waals surface area contributed by atoms with Crippen LogP contribution in [0.4, 0.5) is 4.39 Å². The summed E-state index contributed by atoms with van der Waals surface area (Å²) < 4.78 is 24.1. The molecule has 0 N–H and O–H groups in total. The van der Waals surface area contributed by atoms with Gasteiger partial charge >= 0.3 is 0 Å². The zero-order chi connectivity index (χ0) is 14.1. The summed E-state index contributed by atoms with van der Waals surface area (Å²) in [5.74, 6) is 6.40. The van der Waals surface area contributed by atoms with Crippen LogP contribution in [0.25, 0.3) is 0 Å². The van der Waals surface area contributed by atoms with E-state index in [4.69, 9.17) is 21.1 Å². The second-order valence-electron chi connectivity index (χ2n) is 4.15. The van der Waals surface area contributed by atoms with Crippen molar-refractivity contribution in [2.45, 2.75) is 26.4 Å². The zero-order valence-corrected chi connectivity index (χ0v) is 12.0. The third-order valence-corrected chi connectivity index (χ3v) is 2.37. The maximum Gasteiger partial charge on any atom is 0.137 e. The molecule has 1 rings (SSSR count). The maximum atomic E-state index is 13.2. The quantitative estimate of drug-likeness (QED) is 0.451. The number of alkyl halides is 1. The summed E-state index contributed by atoms with van der Waals surface area (Å²) in [5.41, 5.74) is 0.663. The molecule has 1 aromatic rings. The van der Waals surface area contributed by atoms with Gasteiger partial charge in [0, 0.05) is 18.4 Å². The lowest BCUT2D eigenvalue weighted by Crippen LogP contribution is -2.11. The Morgan fingerprint density at radius 3 is 2.79 bits per heavy atom. The molecule has 4 heteroatoms. The van der Waals surface area contributed by atoms with Crippen LogP contribution in [0.2, 0.25) is 0 Å². The van der Waals surface area contributed by atoms with Crippen LogP contribution in [0.15, 0.2) is 18.2 Å². The van der Waals surface area contributed by atoms with Crippen molar-refractivity contribution in [1.82, 2.24) is 0 Å². The average molecular weight is 285 g/mol. The van der Waals surface area contributed by atoms with Crippen molar-refractivity contribution in [2.75, 3.05) is 19.1 Å². The fourth-order valence-corrected chi connectivity index (χ4v) is 1.45. The Labute approximate surface area is 118 Å². The van der Waals surface area contributed by atoms with Crippen molar-refractivity contribution in [1.29, 1.82) is 0 Å². The second-order valence-corrected chi connectivity index (χ2v) is 4.53. The van der Waals surface area contributed by atoms with Gasteiger partial charge in [0.2, 0.25) is 0 Å². The molecule has 104 valence electrons. The summed E-state index contributed by atoms with van der Waals surface area (Å²) in [4.78, 5) is 0. The molecule has 19 heavy (non-hydrogen) atoms. The predicted octanol–water partition coefficient (Wildman–Crippen LogP) is 3.61. The van der Waals surface area contributed by atoms with Crippen molar-refractivity contribution < 1.29 is 13.9 Å². The monoisotopic (exact) mass is 284 g/mol. The van der Waals surface area contributed by atoms with Gasteiger partial charge in [-0.15, -0.1) is 11.6 Å². The van der Waals surface area contributed by atoms with Crippen LogP contribution in [0, 0.1) is 17.7 Å². The first-order valence-corrected chi connectivity index (χ1v) is 6.75. The van der Waals surface area contributed by atoms with E-state index < -0.39 is 0 Å². The van der Waals surface area contributed by atoms with Crippen LogP contribution in [0.1, 0.15) is 25.8 Å². The number of ether oxygens (including phenoxy) is 2. The number of halogens is 2. The maximum absolute atomic E-state index is 13.2. The summed E-state index contributed by atoms with van der Waals surface area (Å²) in [7, 11) is 0. The molecule has 0 unspecified atom stereocenters. The second kappa shape index (κ2) is 8.79. The average Bonchev–Trinajstić information content (AvgIpc) is 2.37. The Hall–Kier alpha value is -1.24. The highest BCUT2D eigenvalue weighted by Gasteiger charge is 2.04. The Kier molecular flexibility index (Phi) is 7.32. The third-order valence-electron chi connectivity index (χ3n) is 2.18. The fourth-order valence-electron chi connectivity index (χ4n) is 1.36. The minimum atomic E-state index is -0.345. The highest BCUT2D eigenvalue weighted by atomic mass is 35.5. The Morgan fingerprint density at radius 1 is 1.32 bits per heavy atom. The molecule has 0 heterocycles. The Morgan fingerprint density at radius 2 is 2.11 bits per heavy atom. The first kappa shape index (κ1) is 15.8. The van der Waals surface area contributed by atoms with Gasteiger partial charge in [0.25, 0.3) is 0 Å². The molecule has 0 saturated carbocycles. The van der Waals surface area contributed by atoms with Crippen LogP contribution in [0.5, 0.6) is 5.75 Å².